The van der Waals surface area contributed by atoms with Crippen LogP contribution in [0, 0.1) is 10.1 Å². The van der Waals surface area contributed by atoms with E-state index in [2.05, 4.69) is 22.7 Å². The summed E-state index contributed by atoms with van der Waals surface area (Å²) in [6.07, 6.45) is 1.26. The highest BCUT2D eigenvalue weighted by molar-refractivity contribution is 7.80. The van der Waals surface area contributed by atoms with Crippen LogP contribution in [0.25, 0.3) is 0 Å². The van der Waals surface area contributed by atoms with Gasteiger partial charge in [-0.2, -0.15) is 5.10 Å². The molecule has 8 nitrogen and oxygen atoms in total. The second kappa shape index (κ2) is 5.77. The van der Waals surface area contributed by atoms with E-state index in [9.17, 15) is 15.2 Å². The summed E-state index contributed by atoms with van der Waals surface area (Å²) in [4.78, 5) is 9.99. The fraction of sp³-hybridized carbons (Fsp3) is 0.111. The number of nitrogens with two attached hydrogens (primary N) is 1. The molecule has 1 aromatic carbocycles. The minimum absolute atomic E-state index is 0.0269. The van der Waals surface area contributed by atoms with Crippen LogP contribution in [-0.2, 0) is 0 Å². The largest absolute Gasteiger partial charge is 0.500 e. The summed E-state index contributed by atoms with van der Waals surface area (Å²) in [6, 6.07) is 2.52. The number of phenols is 1. The number of nitrogens with zero attached hydrogens (tertiary/aromatic N) is 2. The molecule has 0 unspecified atom stereocenters. The van der Waals surface area contributed by atoms with Crippen LogP contribution >= 0.6 is 12.2 Å². The van der Waals surface area contributed by atoms with Crippen LogP contribution < -0.4 is 15.9 Å². The first kappa shape index (κ1) is 13.6. The topological polar surface area (TPSA) is 123 Å². The summed E-state index contributed by atoms with van der Waals surface area (Å²) < 4.78 is 4.82. The number of rotatable bonds is 4. The molecular weight excluding hydrogens is 260 g/mol. The zero-order valence-corrected chi connectivity index (χ0v) is 10.1. The quantitative estimate of drug-likeness (QED) is 0.314. The van der Waals surface area contributed by atoms with Crippen LogP contribution in [-0.4, -0.2) is 28.5 Å². The number of aromatic hydroxyl groups is 1. The van der Waals surface area contributed by atoms with E-state index < -0.39 is 16.4 Å². The molecule has 0 radical (unpaired) electrons. The first-order valence-corrected chi connectivity index (χ1v) is 5.00. The van der Waals surface area contributed by atoms with Gasteiger partial charge in [0, 0.05) is 11.6 Å². The molecule has 18 heavy (non-hydrogen) atoms. The van der Waals surface area contributed by atoms with Gasteiger partial charge in [0.1, 0.15) is 0 Å². The van der Waals surface area contributed by atoms with E-state index >= 15 is 0 Å². The number of nitrogens with one attached hydrogen (secondary N) is 1. The predicted molar refractivity (Wildman–Crippen MR) is 68.8 cm³/mol. The third kappa shape index (κ3) is 3.28. The van der Waals surface area contributed by atoms with E-state index in [4.69, 9.17) is 10.5 Å². The number of benzene rings is 1. The molecule has 1 aromatic rings. The SMILES string of the molecule is COc1cc(/C=N/NC(N)=S)cc([N+](=O)[O-])c1O. The molecule has 0 fully saturated rings. The Hall–Kier alpha value is -2.42. The molecule has 0 saturated carbocycles. The smallest absolute Gasteiger partial charge is 0.315 e. The van der Waals surface area contributed by atoms with Crippen molar-refractivity contribution in [2.45, 2.75) is 0 Å². The number of hydrogen-bond donors (Lipinski definition) is 3. The molecule has 0 atom stereocenters. The maximum absolute atomic E-state index is 10.7. The zero-order chi connectivity index (χ0) is 13.7. The van der Waals surface area contributed by atoms with Gasteiger partial charge in [0.2, 0.25) is 5.75 Å². The predicted octanol–water partition coefficient (Wildman–Crippen LogP) is 0.476. The Kier molecular flexibility index (Phi) is 4.38. The zero-order valence-electron chi connectivity index (χ0n) is 9.28. The van der Waals surface area contributed by atoms with E-state index in [1.165, 1.54) is 19.4 Å². The number of thiocarbonyl (C=S) groups is 1. The van der Waals surface area contributed by atoms with Gasteiger partial charge in [-0.15, -0.1) is 0 Å². The van der Waals surface area contributed by atoms with E-state index in [0.717, 1.165) is 6.07 Å². The van der Waals surface area contributed by atoms with Gasteiger partial charge in [-0.25, -0.2) is 0 Å². The average Bonchev–Trinajstić information content (AvgIpc) is 2.30. The number of ether oxygens (including phenoxy) is 1. The summed E-state index contributed by atoms with van der Waals surface area (Å²) in [5, 5.41) is 23.9. The minimum Gasteiger partial charge on any atom is -0.500 e. The Bertz CT molecular complexity index is 518. The van der Waals surface area contributed by atoms with Crippen molar-refractivity contribution < 1.29 is 14.8 Å². The van der Waals surface area contributed by atoms with Gasteiger partial charge < -0.3 is 15.6 Å². The summed E-state index contributed by atoms with van der Waals surface area (Å²) in [5.41, 5.74) is 7.32. The van der Waals surface area contributed by atoms with E-state index in [1.807, 2.05) is 0 Å². The lowest BCUT2D eigenvalue weighted by atomic mass is 10.2. The van der Waals surface area contributed by atoms with Crippen molar-refractivity contribution in [3.8, 4) is 11.5 Å². The molecule has 1 rings (SSSR count). The summed E-state index contributed by atoms with van der Waals surface area (Å²) in [7, 11) is 1.28. The van der Waals surface area contributed by atoms with Crippen molar-refractivity contribution in [3.05, 3.63) is 27.8 Å². The molecule has 9 heteroatoms. The molecule has 0 amide bonds. The van der Waals surface area contributed by atoms with Gasteiger partial charge in [-0.3, -0.25) is 15.5 Å². The van der Waals surface area contributed by atoms with Crippen molar-refractivity contribution in [2.24, 2.45) is 10.8 Å². The van der Waals surface area contributed by atoms with Gasteiger partial charge in [-0.1, -0.05) is 0 Å². The lowest BCUT2D eigenvalue weighted by Crippen LogP contribution is -2.23. The lowest BCUT2D eigenvalue weighted by molar-refractivity contribution is -0.386. The van der Waals surface area contributed by atoms with Crippen LogP contribution in [0.4, 0.5) is 5.69 Å². The Balaban J connectivity index is 3.13. The van der Waals surface area contributed by atoms with Crippen molar-refractivity contribution in [3.63, 3.8) is 0 Å². The highest BCUT2D eigenvalue weighted by Crippen LogP contribution is 2.36. The summed E-state index contributed by atoms with van der Waals surface area (Å²) in [6.45, 7) is 0. The maximum atomic E-state index is 10.7. The lowest BCUT2D eigenvalue weighted by Gasteiger charge is -2.04. The normalized spacial score (nSPS) is 10.3. The van der Waals surface area contributed by atoms with E-state index in [0.29, 0.717) is 5.56 Å². The monoisotopic (exact) mass is 270 g/mol. The van der Waals surface area contributed by atoms with Crippen molar-refractivity contribution in [1.82, 2.24) is 5.43 Å². The number of hydrazone groups is 1. The van der Waals surface area contributed by atoms with Crippen LogP contribution in [0.1, 0.15) is 5.56 Å². The van der Waals surface area contributed by atoms with Crippen molar-refractivity contribution in [1.29, 1.82) is 0 Å². The van der Waals surface area contributed by atoms with Crippen LogP contribution in [0.2, 0.25) is 0 Å². The fourth-order valence-corrected chi connectivity index (χ4v) is 1.21. The maximum Gasteiger partial charge on any atom is 0.315 e. The molecule has 0 aliphatic heterocycles. The van der Waals surface area contributed by atoms with Crippen molar-refractivity contribution >= 4 is 29.2 Å². The van der Waals surface area contributed by atoms with E-state index in [1.54, 1.807) is 0 Å². The van der Waals surface area contributed by atoms with Crippen LogP contribution in [0.5, 0.6) is 11.5 Å². The first-order valence-electron chi connectivity index (χ1n) is 4.59. The molecule has 0 spiro atoms. The van der Waals surface area contributed by atoms with Crippen LogP contribution in [0.3, 0.4) is 0 Å². The average molecular weight is 270 g/mol. The molecule has 0 aliphatic rings. The molecule has 0 saturated heterocycles. The third-order valence-corrected chi connectivity index (χ3v) is 1.97. The highest BCUT2D eigenvalue weighted by atomic mass is 32.1. The molecule has 0 heterocycles. The number of nitro benzene ring substituents is 1. The third-order valence-electron chi connectivity index (χ3n) is 1.88. The number of phenolic OH excluding ortho intramolecular Hbond substituents is 1. The summed E-state index contributed by atoms with van der Waals surface area (Å²) in [5.74, 6) is -0.567. The Morgan fingerprint density at radius 1 is 1.72 bits per heavy atom. The number of methoxy groups -OCH3 is 1. The van der Waals surface area contributed by atoms with Gasteiger partial charge in [-0.05, 0) is 18.3 Å². The number of hydrogen-bond acceptors (Lipinski definition) is 6. The van der Waals surface area contributed by atoms with Gasteiger partial charge in [0.15, 0.2) is 10.9 Å². The second-order valence-electron chi connectivity index (χ2n) is 3.08. The van der Waals surface area contributed by atoms with Crippen molar-refractivity contribution in [2.75, 3.05) is 7.11 Å². The molecule has 4 N–H and O–H groups in total. The summed E-state index contributed by atoms with van der Waals surface area (Å²) >= 11 is 4.53. The number of nitro groups is 1. The Labute approximate surface area is 107 Å². The van der Waals surface area contributed by atoms with Crippen LogP contribution in [0.15, 0.2) is 17.2 Å². The standard InChI is InChI=1S/C9H10N4O4S/c1-17-7-3-5(4-11-12-9(10)18)2-6(8(7)14)13(15)16/h2-4,14H,1H3,(H3,10,12,18)/b11-4+. The van der Waals surface area contributed by atoms with Gasteiger partial charge in [0.05, 0.1) is 18.2 Å². The molecule has 0 aliphatic carbocycles. The molecular formula is C9H10N4O4S. The molecule has 0 aromatic heterocycles. The van der Waals surface area contributed by atoms with E-state index in [-0.39, 0.29) is 10.9 Å². The van der Waals surface area contributed by atoms with Gasteiger partial charge >= 0.3 is 5.69 Å². The Morgan fingerprint density at radius 2 is 2.39 bits per heavy atom. The fourth-order valence-electron chi connectivity index (χ4n) is 1.15. The molecule has 96 valence electrons. The highest BCUT2D eigenvalue weighted by Gasteiger charge is 2.19. The van der Waals surface area contributed by atoms with Gasteiger partial charge in [0.25, 0.3) is 0 Å². The Morgan fingerprint density at radius 3 is 2.89 bits per heavy atom. The molecule has 0 bridgehead atoms. The minimum atomic E-state index is -0.726. The first-order chi connectivity index (χ1) is 8.45. The second-order valence-corrected chi connectivity index (χ2v) is 3.52.